The van der Waals surface area contributed by atoms with Crippen molar-refractivity contribution in [3.8, 4) is 0 Å². The number of unbranched alkanes of at least 4 members (excludes halogenated alkanes) is 4. The zero-order valence-electron chi connectivity index (χ0n) is 27.4. The van der Waals surface area contributed by atoms with Gasteiger partial charge in [-0.25, -0.2) is 4.79 Å². The Kier molecular flexibility index (Phi) is 13.3. The SMILES string of the molecule is CCCCCCCO[C@@H]1[C@H](OC)[C@@H]([C@@H](O[C@H]2OC(C(=O)N[C@H]3CCC[C@@H](C)NC3=O)=C[C@H](O)[C@@H]2O)C(N)=O)O[C@H]1n1ccc(=O)[nH]c1=O. The van der Waals surface area contributed by atoms with Gasteiger partial charge in [0.2, 0.25) is 18.1 Å². The Balaban J connectivity index is 1.54. The molecule has 0 unspecified atom stereocenters. The van der Waals surface area contributed by atoms with Gasteiger partial charge in [-0.15, -0.1) is 0 Å². The van der Waals surface area contributed by atoms with Gasteiger partial charge in [-0.1, -0.05) is 32.6 Å². The Bertz CT molecular complexity index is 1410. The molecule has 7 N–H and O–H groups in total. The van der Waals surface area contributed by atoms with E-state index in [1.54, 1.807) is 0 Å². The molecule has 4 heterocycles. The summed E-state index contributed by atoms with van der Waals surface area (Å²) in [6, 6.07) is 0.201. The highest BCUT2D eigenvalue weighted by Gasteiger charge is 2.53. The number of amides is 3. The van der Waals surface area contributed by atoms with E-state index in [0.717, 1.165) is 48.8 Å². The zero-order chi connectivity index (χ0) is 35.0. The first-order valence-corrected chi connectivity index (χ1v) is 16.4. The van der Waals surface area contributed by atoms with E-state index in [0.29, 0.717) is 19.3 Å². The van der Waals surface area contributed by atoms with Gasteiger partial charge in [-0.05, 0) is 38.7 Å². The van der Waals surface area contributed by atoms with Gasteiger partial charge in [-0.3, -0.25) is 28.7 Å². The fourth-order valence-electron chi connectivity index (χ4n) is 6.01. The number of H-pyrrole nitrogens is 1. The van der Waals surface area contributed by atoms with Crippen molar-refractivity contribution in [2.24, 2.45) is 5.73 Å². The van der Waals surface area contributed by atoms with Gasteiger partial charge in [0.05, 0.1) is 0 Å². The van der Waals surface area contributed by atoms with Crippen LogP contribution in [0.25, 0.3) is 0 Å². The summed E-state index contributed by atoms with van der Waals surface area (Å²) < 4.78 is 30.5. The minimum atomic E-state index is -1.81. The lowest BCUT2D eigenvalue weighted by atomic mass is 10.0. The summed E-state index contributed by atoms with van der Waals surface area (Å²) in [7, 11) is 1.33. The van der Waals surface area contributed by atoms with Crippen LogP contribution in [-0.4, -0.2) is 106 Å². The minimum Gasteiger partial charge on any atom is -0.456 e. The second-order valence-electron chi connectivity index (χ2n) is 12.3. The first-order valence-electron chi connectivity index (χ1n) is 16.4. The van der Waals surface area contributed by atoms with E-state index in [-0.39, 0.29) is 18.6 Å². The van der Waals surface area contributed by atoms with Crippen molar-refractivity contribution in [2.75, 3.05) is 13.7 Å². The number of nitrogens with two attached hydrogens (primary N) is 1. The van der Waals surface area contributed by atoms with Crippen molar-refractivity contribution in [1.82, 2.24) is 20.2 Å². The largest absolute Gasteiger partial charge is 0.456 e. The first kappa shape index (κ1) is 37.2. The summed E-state index contributed by atoms with van der Waals surface area (Å²) in [4.78, 5) is 65.2. The molecule has 3 aliphatic heterocycles. The van der Waals surface area contributed by atoms with E-state index in [1.165, 1.54) is 13.3 Å². The molecule has 0 saturated carbocycles. The molecule has 1 aromatic heterocycles. The number of carbonyl (C=O) groups is 3. The van der Waals surface area contributed by atoms with E-state index in [1.807, 2.05) is 6.92 Å². The second-order valence-corrected chi connectivity index (χ2v) is 12.3. The molecule has 3 aliphatic rings. The van der Waals surface area contributed by atoms with Crippen LogP contribution in [0, 0.1) is 0 Å². The Morgan fingerprint density at radius 2 is 1.90 bits per heavy atom. The minimum absolute atomic E-state index is 0.0584. The molecule has 10 atom stereocenters. The molecule has 2 saturated heterocycles. The molecule has 48 heavy (non-hydrogen) atoms. The van der Waals surface area contributed by atoms with Crippen LogP contribution in [0.15, 0.2) is 33.7 Å². The lowest BCUT2D eigenvalue weighted by Gasteiger charge is -2.35. The number of nitrogens with zero attached hydrogens (tertiary/aromatic N) is 1. The van der Waals surface area contributed by atoms with Crippen LogP contribution in [0.4, 0.5) is 0 Å². The van der Waals surface area contributed by atoms with E-state index >= 15 is 0 Å². The predicted molar refractivity (Wildman–Crippen MR) is 167 cm³/mol. The van der Waals surface area contributed by atoms with E-state index < -0.39 is 84.0 Å². The summed E-state index contributed by atoms with van der Waals surface area (Å²) in [5, 5.41) is 26.7. The monoisotopic (exact) mass is 681 g/mol. The van der Waals surface area contributed by atoms with Crippen LogP contribution < -0.4 is 27.6 Å². The van der Waals surface area contributed by atoms with Crippen molar-refractivity contribution in [3.05, 3.63) is 44.9 Å². The normalized spacial score (nSPS) is 31.2. The number of aromatic nitrogens is 2. The van der Waals surface area contributed by atoms with Crippen molar-refractivity contribution >= 4 is 17.7 Å². The summed E-state index contributed by atoms with van der Waals surface area (Å²) in [6.07, 6.45) is -2.89. The molecular formula is C31H47N5O12. The second kappa shape index (κ2) is 17.2. The molecule has 0 radical (unpaired) electrons. The molecular weight excluding hydrogens is 634 g/mol. The fraction of sp³-hybridized carbons (Fsp3) is 0.710. The Morgan fingerprint density at radius 3 is 2.58 bits per heavy atom. The predicted octanol–water partition coefficient (Wildman–Crippen LogP) is -1.19. The van der Waals surface area contributed by atoms with Crippen molar-refractivity contribution in [3.63, 3.8) is 0 Å². The van der Waals surface area contributed by atoms with Gasteiger partial charge in [0, 0.05) is 32.0 Å². The number of methoxy groups -OCH3 is 1. The number of ether oxygens (including phenoxy) is 5. The molecule has 4 rings (SSSR count). The number of hydrogen-bond donors (Lipinski definition) is 6. The highest BCUT2D eigenvalue weighted by Crippen LogP contribution is 2.36. The Morgan fingerprint density at radius 1 is 1.15 bits per heavy atom. The maximum atomic E-state index is 13.1. The van der Waals surface area contributed by atoms with Crippen molar-refractivity contribution < 1.29 is 48.3 Å². The molecule has 0 spiro atoms. The quantitative estimate of drug-likeness (QED) is 0.120. The number of carbonyl (C=O) groups excluding carboxylic acids is 3. The number of aliphatic hydroxyl groups is 2. The van der Waals surface area contributed by atoms with Gasteiger partial charge in [-0.2, -0.15) is 0 Å². The topological polar surface area (TPSA) is 243 Å². The molecule has 17 nitrogen and oxygen atoms in total. The molecule has 3 amide bonds. The number of hydrogen-bond acceptors (Lipinski definition) is 12. The summed E-state index contributed by atoms with van der Waals surface area (Å²) in [5.41, 5.74) is 4.31. The van der Waals surface area contributed by atoms with Crippen LogP contribution in [-0.2, 0) is 38.1 Å². The Hall–Kier alpha value is -3.61. The number of aliphatic hydroxyl groups excluding tert-OH is 2. The van der Waals surface area contributed by atoms with Crippen LogP contribution >= 0.6 is 0 Å². The van der Waals surface area contributed by atoms with Crippen molar-refractivity contribution in [1.29, 1.82) is 0 Å². The standard InChI is InChI=1S/C31H47N5O12/c1-4-5-6-7-8-14-45-25-22(44-3)23(47-29(25)36-13-12-20(38)35-31(36)43)24(26(32)40)48-30-21(39)18(37)15-19(46-30)28(42)34-17-11-9-10-16(2)33-27(17)41/h12-13,15-18,21-25,29-30,37,39H,4-11,14H2,1-3H3,(H2,32,40)(H,33,41)(H,34,42)(H,35,38,43)/t16-,17+,18+,21+,22-,23+,24-,25-,29-,30-/m1/s1. The summed E-state index contributed by atoms with van der Waals surface area (Å²) in [5.74, 6) is -2.75. The molecule has 17 heteroatoms. The van der Waals surface area contributed by atoms with E-state index in [4.69, 9.17) is 29.4 Å². The molecule has 0 aromatic carbocycles. The molecule has 0 bridgehead atoms. The average Bonchev–Trinajstić information content (AvgIpc) is 3.31. The number of primary amides is 1. The van der Waals surface area contributed by atoms with Gasteiger partial charge >= 0.3 is 5.69 Å². The van der Waals surface area contributed by atoms with Crippen LogP contribution in [0.2, 0.25) is 0 Å². The number of aromatic amines is 1. The lowest BCUT2D eigenvalue weighted by molar-refractivity contribution is -0.241. The van der Waals surface area contributed by atoms with Gasteiger partial charge in [0.25, 0.3) is 11.5 Å². The fourth-order valence-corrected chi connectivity index (χ4v) is 6.01. The van der Waals surface area contributed by atoms with Gasteiger partial charge in [0.15, 0.2) is 18.1 Å². The molecule has 2 fully saturated rings. The third kappa shape index (κ3) is 9.09. The van der Waals surface area contributed by atoms with Gasteiger partial charge in [0.1, 0.15) is 36.6 Å². The van der Waals surface area contributed by atoms with E-state index in [9.17, 15) is 34.2 Å². The zero-order valence-corrected chi connectivity index (χ0v) is 27.4. The first-order chi connectivity index (χ1) is 22.9. The molecule has 268 valence electrons. The average molecular weight is 682 g/mol. The molecule has 1 aromatic rings. The van der Waals surface area contributed by atoms with Crippen LogP contribution in [0.1, 0.15) is 71.4 Å². The van der Waals surface area contributed by atoms with Crippen LogP contribution in [0.5, 0.6) is 0 Å². The van der Waals surface area contributed by atoms with Crippen molar-refractivity contribution in [2.45, 2.75) is 126 Å². The van der Waals surface area contributed by atoms with Crippen LogP contribution in [0.3, 0.4) is 0 Å². The highest BCUT2D eigenvalue weighted by molar-refractivity contribution is 5.95. The summed E-state index contributed by atoms with van der Waals surface area (Å²) in [6.45, 7) is 4.22. The maximum Gasteiger partial charge on any atom is 0.330 e. The number of rotatable bonds is 15. The third-order valence-corrected chi connectivity index (χ3v) is 8.60. The number of nitrogens with one attached hydrogen (secondary N) is 3. The Labute approximate surface area is 277 Å². The molecule has 0 aliphatic carbocycles. The maximum absolute atomic E-state index is 13.1. The highest BCUT2D eigenvalue weighted by atomic mass is 16.7. The van der Waals surface area contributed by atoms with E-state index in [2.05, 4.69) is 22.5 Å². The van der Waals surface area contributed by atoms with Gasteiger partial charge < -0.3 is 50.3 Å². The third-order valence-electron chi connectivity index (χ3n) is 8.60. The summed E-state index contributed by atoms with van der Waals surface area (Å²) >= 11 is 0. The lowest BCUT2D eigenvalue weighted by Crippen LogP contribution is -2.54. The smallest absolute Gasteiger partial charge is 0.330 e.